The Morgan fingerprint density at radius 1 is 1.19 bits per heavy atom. The Hall–Kier alpha value is -2.87. The van der Waals surface area contributed by atoms with Crippen molar-refractivity contribution >= 4 is 44.8 Å². The van der Waals surface area contributed by atoms with E-state index in [2.05, 4.69) is 11.1 Å². The van der Waals surface area contributed by atoms with E-state index in [1.165, 1.54) is 11.3 Å². The van der Waals surface area contributed by atoms with Crippen LogP contribution in [0.1, 0.15) is 16.3 Å². The number of aromatic nitrogens is 1. The summed E-state index contributed by atoms with van der Waals surface area (Å²) in [6.45, 7) is 1.96. The second kappa shape index (κ2) is 6.80. The number of fused-ring (bicyclic) bond motifs is 1. The van der Waals surface area contributed by atoms with Crippen LogP contribution in [-0.4, -0.2) is 4.98 Å². The Balaban J connectivity index is 1.69. The maximum Gasteiger partial charge on any atom is 0.135 e. The molecule has 126 valence electrons. The summed E-state index contributed by atoms with van der Waals surface area (Å²) in [5, 5.41) is 10.9. The van der Waals surface area contributed by atoms with E-state index >= 15 is 0 Å². The summed E-state index contributed by atoms with van der Waals surface area (Å²) in [6.07, 6.45) is 1.72. The van der Waals surface area contributed by atoms with Gasteiger partial charge in [-0.3, -0.25) is 0 Å². The fourth-order valence-corrected chi connectivity index (χ4v) is 3.72. The van der Waals surface area contributed by atoms with Crippen LogP contribution in [0.15, 0.2) is 59.0 Å². The normalized spacial score (nSPS) is 11.7. The van der Waals surface area contributed by atoms with Crippen LogP contribution >= 0.6 is 22.9 Å². The van der Waals surface area contributed by atoms with Crippen molar-refractivity contribution in [1.29, 1.82) is 5.26 Å². The zero-order valence-corrected chi connectivity index (χ0v) is 15.4. The van der Waals surface area contributed by atoms with Gasteiger partial charge in [-0.2, -0.15) is 5.26 Å². The molecule has 0 radical (unpaired) electrons. The molecule has 0 unspecified atom stereocenters. The van der Waals surface area contributed by atoms with Crippen LogP contribution < -0.4 is 0 Å². The average Bonchev–Trinajstić information content (AvgIpc) is 3.28. The second-order valence-corrected chi connectivity index (χ2v) is 7.26. The molecule has 0 spiro atoms. The molecule has 0 aliphatic heterocycles. The minimum absolute atomic E-state index is 0.481. The number of para-hydroxylation sites is 1. The first-order valence-corrected chi connectivity index (χ1v) is 9.17. The molecule has 3 nitrogen and oxygen atoms in total. The van der Waals surface area contributed by atoms with E-state index in [0.717, 1.165) is 21.3 Å². The second-order valence-electron chi connectivity index (χ2n) is 5.82. The summed E-state index contributed by atoms with van der Waals surface area (Å²) in [5.41, 5.74) is 3.29. The Morgan fingerprint density at radius 3 is 2.81 bits per heavy atom. The predicted octanol–water partition coefficient (Wildman–Crippen LogP) is 6.58. The molecule has 2 aromatic carbocycles. The lowest BCUT2D eigenvalue weighted by Gasteiger charge is -2.00. The van der Waals surface area contributed by atoms with Crippen molar-refractivity contribution < 1.29 is 4.42 Å². The molecule has 0 aliphatic rings. The summed E-state index contributed by atoms with van der Waals surface area (Å²) < 4.78 is 6.94. The minimum Gasteiger partial charge on any atom is -0.457 e. The molecule has 0 N–H and O–H groups in total. The number of nitriles is 1. The first-order chi connectivity index (χ1) is 12.6. The number of hydrogen-bond acceptors (Lipinski definition) is 4. The van der Waals surface area contributed by atoms with E-state index < -0.39 is 0 Å². The van der Waals surface area contributed by atoms with Gasteiger partial charge in [-0.05, 0) is 42.8 Å². The van der Waals surface area contributed by atoms with Crippen LogP contribution in [0.25, 0.3) is 33.2 Å². The molecule has 5 heteroatoms. The molecular weight excluding hydrogens is 364 g/mol. The zero-order chi connectivity index (χ0) is 18.1. The van der Waals surface area contributed by atoms with Gasteiger partial charge < -0.3 is 4.42 Å². The number of allylic oxidation sites excluding steroid dienone is 1. The molecule has 0 saturated carbocycles. The van der Waals surface area contributed by atoms with E-state index in [1.807, 2.05) is 61.5 Å². The van der Waals surface area contributed by atoms with Crippen molar-refractivity contribution in [3.63, 3.8) is 0 Å². The first-order valence-electron chi connectivity index (χ1n) is 7.98. The molecular formula is C21H13ClN2OS. The monoisotopic (exact) mass is 376 g/mol. The van der Waals surface area contributed by atoms with Crippen molar-refractivity contribution in [2.45, 2.75) is 6.92 Å². The van der Waals surface area contributed by atoms with Gasteiger partial charge in [-0.1, -0.05) is 35.9 Å². The van der Waals surface area contributed by atoms with Crippen LogP contribution in [0, 0.1) is 18.3 Å². The summed E-state index contributed by atoms with van der Waals surface area (Å²) in [4.78, 5) is 4.53. The van der Waals surface area contributed by atoms with Gasteiger partial charge in [0.05, 0.1) is 15.8 Å². The third-order valence-electron chi connectivity index (χ3n) is 4.01. The van der Waals surface area contributed by atoms with Gasteiger partial charge in [-0.15, -0.1) is 11.3 Å². The van der Waals surface area contributed by atoms with E-state index in [0.29, 0.717) is 27.1 Å². The molecule has 0 bridgehead atoms. The van der Waals surface area contributed by atoms with E-state index in [1.54, 1.807) is 6.08 Å². The lowest BCUT2D eigenvalue weighted by atomic mass is 10.1. The van der Waals surface area contributed by atoms with Gasteiger partial charge in [0, 0.05) is 16.7 Å². The van der Waals surface area contributed by atoms with Gasteiger partial charge >= 0.3 is 0 Å². The number of aryl methyl sites for hydroxylation is 1. The first kappa shape index (κ1) is 16.6. The van der Waals surface area contributed by atoms with Crippen LogP contribution in [0.2, 0.25) is 5.02 Å². The maximum atomic E-state index is 9.55. The van der Waals surface area contributed by atoms with Crippen molar-refractivity contribution in [2.75, 3.05) is 0 Å². The number of rotatable bonds is 3. The van der Waals surface area contributed by atoms with Crippen molar-refractivity contribution in [3.8, 4) is 17.4 Å². The highest BCUT2D eigenvalue weighted by molar-refractivity contribution is 7.19. The standard InChI is InChI=1S/C21H13ClN2OS/c1-13-6-7-14(11-17(13)22)19-9-8-16(25-19)10-15(12-23)21-24-18-4-2-3-5-20(18)26-21/h2-11H,1H3/b15-10+. The lowest BCUT2D eigenvalue weighted by molar-refractivity contribution is 0.572. The molecule has 26 heavy (non-hydrogen) atoms. The molecule has 2 heterocycles. The summed E-state index contributed by atoms with van der Waals surface area (Å²) >= 11 is 7.69. The Labute approximate surface area is 159 Å². The van der Waals surface area contributed by atoms with Crippen LogP contribution in [0.3, 0.4) is 0 Å². The quantitative estimate of drug-likeness (QED) is 0.379. The van der Waals surface area contributed by atoms with Crippen LogP contribution in [0.5, 0.6) is 0 Å². The fraction of sp³-hybridized carbons (Fsp3) is 0.0476. The van der Waals surface area contributed by atoms with Gasteiger partial charge in [0.1, 0.15) is 22.6 Å². The molecule has 4 aromatic rings. The summed E-state index contributed by atoms with van der Waals surface area (Å²) in [7, 11) is 0. The van der Waals surface area contributed by atoms with Crippen molar-refractivity contribution in [1.82, 2.24) is 4.98 Å². The predicted molar refractivity (Wildman–Crippen MR) is 107 cm³/mol. The maximum absolute atomic E-state index is 9.55. The third kappa shape index (κ3) is 3.15. The minimum atomic E-state index is 0.481. The molecule has 0 amide bonds. The largest absolute Gasteiger partial charge is 0.457 e. The number of thiazole rings is 1. The molecule has 0 atom stereocenters. The number of halogens is 1. The third-order valence-corrected chi connectivity index (χ3v) is 5.49. The van der Waals surface area contributed by atoms with E-state index in [9.17, 15) is 5.26 Å². The Bertz CT molecular complexity index is 1150. The molecule has 2 aromatic heterocycles. The highest BCUT2D eigenvalue weighted by atomic mass is 35.5. The smallest absolute Gasteiger partial charge is 0.135 e. The Morgan fingerprint density at radius 2 is 2.04 bits per heavy atom. The highest BCUT2D eigenvalue weighted by Crippen LogP contribution is 2.30. The zero-order valence-electron chi connectivity index (χ0n) is 13.9. The number of hydrogen-bond donors (Lipinski definition) is 0. The van der Waals surface area contributed by atoms with Crippen molar-refractivity contribution in [3.05, 3.63) is 76.0 Å². The molecule has 0 aliphatic carbocycles. The number of nitrogens with zero attached hydrogens (tertiary/aromatic N) is 2. The van der Waals surface area contributed by atoms with Crippen LogP contribution in [-0.2, 0) is 0 Å². The van der Waals surface area contributed by atoms with E-state index in [4.69, 9.17) is 16.0 Å². The number of benzene rings is 2. The van der Waals surface area contributed by atoms with Gasteiger partial charge in [0.2, 0.25) is 0 Å². The molecule has 0 fully saturated rings. The average molecular weight is 377 g/mol. The fourth-order valence-electron chi connectivity index (χ4n) is 2.60. The van der Waals surface area contributed by atoms with Gasteiger partial charge in [-0.25, -0.2) is 4.98 Å². The highest BCUT2D eigenvalue weighted by Gasteiger charge is 2.11. The van der Waals surface area contributed by atoms with Gasteiger partial charge in [0.25, 0.3) is 0 Å². The molecule has 4 rings (SSSR count). The lowest BCUT2D eigenvalue weighted by Crippen LogP contribution is -1.79. The molecule has 0 saturated heterocycles. The Kier molecular flexibility index (Phi) is 4.34. The van der Waals surface area contributed by atoms with Crippen molar-refractivity contribution in [2.24, 2.45) is 0 Å². The number of furan rings is 1. The summed E-state index contributed by atoms with van der Waals surface area (Å²) in [6, 6.07) is 19.6. The topological polar surface area (TPSA) is 49.8 Å². The van der Waals surface area contributed by atoms with Crippen LogP contribution in [0.4, 0.5) is 0 Å². The van der Waals surface area contributed by atoms with E-state index in [-0.39, 0.29) is 0 Å². The SMILES string of the molecule is Cc1ccc(-c2ccc(/C=C(\C#N)c3nc4ccccc4s3)o2)cc1Cl. The van der Waals surface area contributed by atoms with Gasteiger partial charge in [0.15, 0.2) is 0 Å². The summed E-state index contributed by atoms with van der Waals surface area (Å²) in [5.74, 6) is 1.31.